The molecule has 1 aromatic heterocycles. The van der Waals surface area contributed by atoms with Crippen molar-refractivity contribution in [3.8, 4) is 11.5 Å². The Morgan fingerprint density at radius 2 is 1.77 bits per heavy atom. The van der Waals surface area contributed by atoms with Crippen molar-refractivity contribution in [2.75, 3.05) is 38.4 Å². The predicted molar refractivity (Wildman–Crippen MR) is 137 cm³/mol. The molecular weight excluding hydrogens is 466 g/mol. The minimum Gasteiger partial charge on any atom is -0.493 e. The first-order valence-electron chi connectivity index (χ1n) is 11.5. The molecule has 1 saturated heterocycles. The molecular formula is C26H31N3O5S. The van der Waals surface area contributed by atoms with Crippen LogP contribution in [0.3, 0.4) is 0 Å². The van der Waals surface area contributed by atoms with E-state index >= 15 is 0 Å². The maximum Gasteiger partial charge on any atom is 0.242 e. The van der Waals surface area contributed by atoms with Crippen LogP contribution in [0.1, 0.15) is 13.8 Å². The zero-order chi connectivity index (χ0) is 24.9. The second-order valence-corrected chi connectivity index (χ2v) is 9.62. The number of fused-ring (bicyclic) bond motifs is 1. The molecule has 2 aromatic carbocycles. The van der Waals surface area contributed by atoms with E-state index in [1.165, 1.54) is 11.8 Å². The van der Waals surface area contributed by atoms with Crippen molar-refractivity contribution >= 4 is 40.2 Å². The molecule has 0 bridgehead atoms. The number of benzene rings is 2. The average molecular weight is 498 g/mol. The van der Waals surface area contributed by atoms with Gasteiger partial charge in [-0.3, -0.25) is 9.59 Å². The van der Waals surface area contributed by atoms with E-state index < -0.39 is 0 Å². The molecule has 2 heterocycles. The summed E-state index contributed by atoms with van der Waals surface area (Å²) < 4.78 is 18.3. The lowest BCUT2D eigenvalue weighted by atomic mass is 10.2. The molecule has 4 rings (SSSR count). The van der Waals surface area contributed by atoms with Gasteiger partial charge in [0.05, 0.1) is 32.2 Å². The lowest BCUT2D eigenvalue weighted by molar-refractivity contribution is -0.143. The second kappa shape index (κ2) is 11.0. The topological polar surface area (TPSA) is 82.0 Å². The van der Waals surface area contributed by atoms with Gasteiger partial charge in [0, 0.05) is 46.8 Å². The number of nitrogens with one attached hydrogen (secondary N) is 1. The van der Waals surface area contributed by atoms with Crippen LogP contribution in [0, 0.1) is 0 Å². The van der Waals surface area contributed by atoms with Crippen LogP contribution in [0.4, 0.5) is 5.69 Å². The number of carbonyl (C=O) groups excluding carboxylic acids is 2. The van der Waals surface area contributed by atoms with E-state index in [4.69, 9.17) is 14.2 Å². The summed E-state index contributed by atoms with van der Waals surface area (Å²) in [6, 6.07) is 13.2. The smallest absolute Gasteiger partial charge is 0.242 e. The summed E-state index contributed by atoms with van der Waals surface area (Å²) in [5.41, 5.74) is 1.60. The lowest BCUT2D eigenvalue weighted by Crippen LogP contribution is -2.49. The molecule has 2 atom stereocenters. The molecule has 9 heteroatoms. The number of anilines is 1. The molecule has 0 aliphatic carbocycles. The van der Waals surface area contributed by atoms with Crippen LogP contribution < -0.4 is 14.8 Å². The first-order valence-corrected chi connectivity index (χ1v) is 12.5. The number of aromatic nitrogens is 1. The van der Waals surface area contributed by atoms with E-state index in [1.54, 1.807) is 32.4 Å². The largest absolute Gasteiger partial charge is 0.493 e. The quantitative estimate of drug-likeness (QED) is 0.474. The number of thioether (sulfide) groups is 1. The summed E-state index contributed by atoms with van der Waals surface area (Å²) in [5, 5.41) is 3.92. The van der Waals surface area contributed by atoms with E-state index in [9.17, 15) is 9.59 Å². The molecule has 0 spiro atoms. The van der Waals surface area contributed by atoms with E-state index in [-0.39, 0.29) is 36.3 Å². The third-order valence-corrected chi connectivity index (χ3v) is 6.90. The lowest BCUT2D eigenvalue weighted by Gasteiger charge is -2.35. The molecule has 0 unspecified atom stereocenters. The fourth-order valence-electron chi connectivity index (χ4n) is 4.34. The Hall–Kier alpha value is -3.17. The average Bonchev–Trinajstić information content (AvgIpc) is 3.19. The van der Waals surface area contributed by atoms with Crippen LogP contribution in [0.15, 0.2) is 53.6 Å². The maximum absolute atomic E-state index is 13.0. The Balaban J connectivity index is 1.44. The number of para-hydroxylation sites is 1. The standard InChI is InChI=1S/C26H31N3O5S/c1-17-12-29(13-18(2)34-17)26(31)15-28-14-24(20-7-5-6-8-21(20)28)35-16-25(30)27-19-9-10-22(32-3)23(11-19)33-4/h5-11,14,17-18H,12-13,15-16H2,1-4H3,(H,27,30)/t17-,18-/m1/s1. The van der Waals surface area contributed by atoms with Crippen molar-refractivity contribution in [3.05, 3.63) is 48.7 Å². The van der Waals surface area contributed by atoms with Gasteiger partial charge in [0.25, 0.3) is 0 Å². The van der Waals surface area contributed by atoms with Gasteiger partial charge in [-0.25, -0.2) is 0 Å². The van der Waals surface area contributed by atoms with Gasteiger partial charge in [-0.05, 0) is 32.0 Å². The third kappa shape index (κ3) is 5.91. The van der Waals surface area contributed by atoms with Gasteiger partial charge in [-0.2, -0.15) is 0 Å². The zero-order valence-electron chi connectivity index (χ0n) is 20.4. The number of amides is 2. The molecule has 0 radical (unpaired) electrons. The summed E-state index contributed by atoms with van der Waals surface area (Å²) in [5.74, 6) is 1.31. The van der Waals surface area contributed by atoms with Crippen LogP contribution in [-0.4, -0.2) is 66.6 Å². The van der Waals surface area contributed by atoms with E-state index in [2.05, 4.69) is 5.32 Å². The number of ether oxygens (including phenoxy) is 3. The van der Waals surface area contributed by atoms with Crippen molar-refractivity contribution in [1.82, 2.24) is 9.47 Å². The Morgan fingerprint density at radius 3 is 2.49 bits per heavy atom. The number of hydrogen-bond acceptors (Lipinski definition) is 6. The van der Waals surface area contributed by atoms with Gasteiger partial charge in [-0.15, -0.1) is 11.8 Å². The second-order valence-electron chi connectivity index (χ2n) is 8.60. The van der Waals surface area contributed by atoms with E-state index in [0.717, 1.165) is 15.8 Å². The molecule has 8 nitrogen and oxygen atoms in total. The minimum absolute atomic E-state index is 0.0272. The summed E-state index contributed by atoms with van der Waals surface area (Å²) in [6.07, 6.45) is 2.02. The summed E-state index contributed by atoms with van der Waals surface area (Å²) in [4.78, 5) is 28.5. The molecule has 1 aliphatic rings. The van der Waals surface area contributed by atoms with Gasteiger partial charge in [0.2, 0.25) is 11.8 Å². The Labute approximate surface area is 209 Å². The first kappa shape index (κ1) is 24.9. The Bertz CT molecular complexity index is 1200. The Kier molecular flexibility index (Phi) is 7.87. The number of nitrogens with zero attached hydrogens (tertiary/aromatic N) is 2. The van der Waals surface area contributed by atoms with Crippen molar-refractivity contribution in [2.45, 2.75) is 37.5 Å². The summed E-state index contributed by atoms with van der Waals surface area (Å²) in [6.45, 7) is 5.42. The molecule has 186 valence electrons. The summed E-state index contributed by atoms with van der Waals surface area (Å²) >= 11 is 1.45. The van der Waals surface area contributed by atoms with Crippen molar-refractivity contribution in [2.24, 2.45) is 0 Å². The van der Waals surface area contributed by atoms with Gasteiger partial charge in [-0.1, -0.05) is 18.2 Å². The fourth-order valence-corrected chi connectivity index (χ4v) is 5.23. The number of carbonyl (C=O) groups is 2. The highest BCUT2D eigenvalue weighted by molar-refractivity contribution is 8.00. The van der Waals surface area contributed by atoms with Gasteiger partial charge in [0.1, 0.15) is 6.54 Å². The zero-order valence-corrected chi connectivity index (χ0v) is 21.3. The van der Waals surface area contributed by atoms with Crippen LogP contribution in [0.5, 0.6) is 11.5 Å². The monoisotopic (exact) mass is 497 g/mol. The number of methoxy groups -OCH3 is 2. The first-order chi connectivity index (χ1) is 16.9. The molecule has 2 amide bonds. The maximum atomic E-state index is 13.0. The molecule has 1 aliphatic heterocycles. The summed E-state index contributed by atoms with van der Waals surface area (Å²) in [7, 11) is 3.12. The van der Waals surface area contributed by atoms with Crippen LogP contribution in [0.2, 0.25) is 0 Å². The van der Waals surface area contributed by atoms with Crippen molar-refractivity contribution in [3.63, 3.8) is 0 Å². The number of morpholine rings is 1. The third-order valence-electron chi connectivity index (χ3n) is 5.86. The molecule has 1 fully saturated rings. The molecule has 35 heavy (non-hydrogen) atoms. The van der Waals surface area contributed by atoms with Crippen LogP contribution >= 0.6 is 11.8 Å². The molecule has 3 aromatic rings. The molecule has 0 saturated carbocycles. The van der Waals surface area contributed by atoms with Crippen molar-refractivity contribution in [1.29, 1.82) is 0 Å². The van der Waals surface area contributed by atoms with Crippen molar-refractivity contribution < 1.29 is 23.8 Å². The fraction of sp³-hybridized carbons (Fsp3) is 0.385. The minimum atomic E-state index is -0.133. The van der Waals surface area contributed by atoms with Gasteiger partial charge < -0.3 is 29.0 Å². The van der Waals surface area contributed by atoms with E-state index in [0.29, 0.717) is 30.3 Å². The SMILES string of the molecule is COc1ccc(NC(=O)CSc2cn(CC(=O)N3C[C@@H](C)O[C@H](C)C3)c3ccccc23)cc1OC. The predicted octanol–water partition coefficient (Wildman–Crippen LogP) is 4.03. The van der Waals surface area contributed by atoms with Crippen LogP contribution in [0.25, 0.3) is 10.9 Å². The number of rotatable bonds is 8. The van der Waals surface area contributed by atoms with Crippen LogP contribution in [-0.2, 0) is 20.9 Å². The Morgan fingerprint density at radius 1 is 1.06 bits per heavy atom. The molecule has 1 N–H and O–H groups in total. The van der Waals surface area contributed by atoms with Gasteiger partial charge >= 0.3 is 0 Å². The van der Waals surface area contributed by atoms with Gasteiger partial charge in [0.15, 0.2) is 11.5 Å². The highest BCUT2D eigenvalue weighted by Gasteiger charge is 2.26. The number of hydrogen-bond donors (Lipinski definition) is 1. The van der Waals surface area contributed by atoms with E-state index in [1.807, 2.05) is 53.8 Å². The highest BCUT2D eigenvalue weighted by atomic mass is 32.2. The highest BCUT2D eigenvalue weighted by Crippen LogP contribution is 2.32. The normalized spacial score (nSPS) is 17.9.